The highest BCUT2D eigenvalue weighted by molar-refractivity contribution is 6.36. The lowest BCUT2D eigenvalue weighted by Crippen LogP contribution is -2.17. The van der Waals surface area contributed by atoms with E-state index >= 15 is 0 Å². The molecule has 0 aliphatic rings. The molecule has 0 saturated carbocycles. The molecule has 0 unspecified atom stereocenters. The second-order valence-electron chi connectivity index (χ2n) is 2.71. The fourth-order valence-electron chi connectivity index (χ4n) is 0.963. The number of amides is 2. The summed E-state index contributed by atoms with van der Waals surface area (Å²) in [5, 5.41) is 0. The van der Waals surface area contributed by atoms with Gasteiger partial charge in [0.05, 0.1) is 5.69 Å². The Labute approximate surface area is 86.4 Å². The van der Waals surface area contributed by atoms with Gasteiger partial charge >= 0.3 is 0 Å². The summed E-state index contributed by atoms with van der Waals surface area (Å²) in [4.78, 5) is 21.7. The largest absolute Gasteiger partial charge is 0.366 e. The van der Waals surface area contributed by atoms with Crippen molar-refractivity contribution in [2.75, 3.05) is 4.42 Å². The molecular formula is C9H9ClN2O2. The summed E-state index contributed by atoms with van der Waals surface area (Å²) in [5.74, 6) is -0.881. The normalized spacial score (nSPS) is 9.57. The van der Waals surface area contributed by atoms with Crippen molar-refractivity contribution in [3.63, 3.8) is 0 Å². The van der Waals surface area contributed by atoms with E-state index in [1.54, 1.807) is 18.2 Å². The highest BCUT2D eigenvalue weighted by Gasteiger charge is 2.09. The molecule has 5 heteroatoms. The molecule has 0 aliphatic heterocycles. The van der Waals surface area contributed by atoms with Gasteiger partial charge in [-0.3, -0.25) is 9.59 Å². The molecule has 2 N–H and O–H groups in total. The maximum Gasteiger partial charge on any atom is 0.248 e. The van der Waals surface area contributed by atoms with Gasteiger partial charge in [-0.25, -0.2) is 4.42 Å². The van der Waals surface area contributed by atoms with Crippen molar-refractivity contribution in [1.82, 2.24) is 0 Å². The summed E-state index contributed by atoms with van der Waals surface area (Å²) in [6, 6.07) is 6.22. The maximum atomic E-state index is 10.9. The molecule has 14 heavy (non-hydrogen) atoms. The zero-order chi connectivity index (χ0) is 10.7. The zero-order valence-corrected chi connectivity index (χ0v) is 8.28. The number of nitrogens with zero attached hydrogens (tertiary/aromatic N) is 1. The molecule has 0 spiro atoms. The molecule has 0 saturated heterocycles. The van der Waals surface area contributed by atoms with E-state index in [0.717, 1.165) is 4.42 Å². The van der Waals surface area contributed by atoms with E-state index in [1.807, 2.05) is 0 Å². The van der Waals surface area contributed by atoms with E-state index in [4.69, 9.17) is 17.5 Å². The molecule has 1 rings (SSSR count). The third-order valence-corrected chi connectivity index (χ3v) is 2.07. The topological polar surface area (TPSA) is 63.4 Å². The van der Waals surface area contributed by atoms with Gasteiger partial charge in [0.2, 0.25) is 11.8 Å². The van der Waals surface area contributed by atoms with Crippen molar-refractivity contribution in [3.8, 4) is 0 Å². The lowest BCUT2D eigenvalue weighted by atomic mass is 10.2. The third-order valence-electron chi connectivity index (χ3n) is 1.63. The average molecular weight is 213 g/mol. The van der Waals surface area contributed by atoms with Gasteiger partial charge in [-0.05, 0) is 18.2 Å². The summed E-state index contributed by atoms with van der Waals surface area (Å²) < 4.78 is 0.923. The summed E-state index contributed by atoms with van der Waals surface area (Å²) >= 11 is 5.65. The van der Waals surface area contributed by atoms with Gasteiger partial charge in [-0.15, -0.1) is 0 Å². The van der Waals surface area contributed by atoms with Crippen LogP contribution in [0.2, 0.25) is 0 Å². The Kier molecular flexibility index (Phi) is 3.09. The van der Waals surface area contributed by atoms with Gasteiger partial charge in [0.25, 0.3) is 0 Å². The first-order valence-electron chi connectivity index (χ1n) is 3.88. The Hall–Kier alpha value is -1.55. The van der Waals surface area contributed by atoms with Crippen molar-refractivity contribution in [3.05, 3.63) is 29.8 Å². The first-order chi connectivity index (χ1) is 6.52. The number of nitrogens with two attached hydrogens (primary N) is 1. The molecule has 0 fully saturated rings. The van der Waals surface area contributed by atoms with Gasteiger partial charge in [0.15, 0.2) is 0 Å². The third kappa shape index (κ3) is 2.23. The average Bonchev–Trinajstić information content (AvgIpc) is 2.16. The predicted molar refractivity (Wildman–Crippen MR) is 54.0 cm³/mol. The number of carbonyl (C=O) groups is 2. The second-order valence-corrected chi connectivity index (χ2v) is 3.05. The molecule has 2 amide bonds. The Morgan fingerprint density at radius 1 is 1.43 bits per heavy atom. The minimum absolute atomic E-state index is 0.314. The smallest absolute Gasteiger partial charge is 0.248 e. The number of anilines is 1. The van der Waals surface area contributed by atoms with Crippen LogP contribution in [0.25, 0.3) is 0 Å². The van der Waals surface area contributed by atoms with E-state index in [-0.39, 0.29) is 5.91 Å². The van der Waals surface area contributed by atoms with Crippen molar-refractivity contribution in [1.29, 1.82) is 0 Å². The van der Waals surface area contributed by atoms with Crippen molar-refractivity contribution >= 4 is 29.3 Å². The van der Waals surface area contributed by atoms with Crippen LogP contribution in [0.3, 0.4) is 0 Å². The minimum Gasteiger partial charge on any atom is -0.366 e. The first kappa shape index (κ1) is 10.5. The van der Waals surface area contributed by atoms with Gasteiger partial charge in [-0.2, -0.15) is 0 Å². The van der Waals surface area contributed by atoms with Crippen molar-refractivity contribution in [2.45, 2.75) is 6.92 Å². The quantitative estimate of drug-likeness (QED) is 0.751. The van der Waals surface area contributed by atoms with Gasteiger partial charge in [-0.1, -0.05) is 6.07 Å². The predicted octanol–water partition coefficient (Wildman–Crippen LogP) is 1.29. The van der Waals surface area contributed by atoms with E-state index in [9.17, 15) is 9.59 Å². The van der Waals surface area contributed by atoms with Crippen LogP contribution < -0.4 is 10.2 Å². The SMILES string of the molecule is CC(=O)N(Cl)c1cccc(C(N)=O)c1. The highest BCUT2D eigenvalue weighted by atomic mass is 35.5. The summed E-state index contributed by atoms with van der Waals surface area (Å²) in [6.07, 6.45) is 0. The molecule has 0 aromatic heterocycles. The molecule has 4 nitrogen and oxygen atoms in total. The minimum atomic E-state index is -0.555. The van der Waals surface area contributed by atoms with Gasteiger partial charge in [0, 0.05) is 24.3 Å². The lowest BCUT2D eigenvalue weighted by molar-refractivity contribution is -0.115. The van der Waals surface area contributed by atoms with Crippen molar-refractivity contribution in [2.24, 2.45) is 5.73 Å². The Bertz CT molecular complexity index is 379. The number of rotatable bonds is 2. The van der Waals surface area contributed by atoms with Crippen molar-refractivity contribution < 1.29 is 9.59 Å². The summed E-state index contributed by atoms with van der Waals surface area (Å²) in [6.45, 7) is 1.32. The van der Waals surface area contributed by atoms with E-state index in [0.29, 0.717) is 11.3 Å². The molecular weight excluding hydrogens is 204 g/mol. The number of carbonyl (C=O) groups excluding carboxylic acids is 2. The van der Waals surface area contributed by atoms with Crippen LogP contribution in [-0.4, -0.2) is 11.8 Å². The maximum absolute atomic E-state index is 10.9. The molecule has 1 aromatic carbocycles. The fourth-order valence-corrected chi connectivity index (χ4v) is 1.07. The lowest BCUT2D eigenvalue weighted by Gasteiger charge is -2.11. The number of hydrogen-bond donors (Lipinski definition) is 1. The van der Waals surface area contributed by atoms with Gasteiger partial charge in [0.1, 0.15) is 0 Å². The molecule has 0 radical (unpaired) electrons. The zero-order valence-electron chi connectivity index (χ0n) is 7.53. The van der Waals surface area contributed by atoms with Crippen LogP contribution in [0.4, 0.5) is 5.69 Å². The molecule has 74 valence electrons. The van der Waals surface area contributed by atoms with E-state index in [1.165, 1.54) is 13.0 Å². The van der Waals surface area contributed by atoms with Crippen LogP contribution in [0.5, 0.6) is 0 Å². The monoisotopic (exact) mass is 212 g/mol. The van der Waals surface area contributed by atoms with Gasteiger partial charge < -0.3 is 5.73 Å². The Morgan fingerprint density at radius 2 is 2.07 bits per heavy atom. The standard InChI is InChI=1S/C9H9ClN2O2/c1-6(13)12(10)8-4-2-3-7(5-8)9(11)14/h2-5H,1H3,(H2,11,14). The molecule has 0 heterocycles. The number of halogens is 1. The number of primary amides is 1. The van der Waals surface area contributed by atoms with Crippen LogP contribution >= 0.6 is 11.8 Å². The molecule has 0 aliphatic carbocycles. The molecule has 0 atom stereocenters. The van der Waals surface area contributed by atoms with Crippen LogP contribution in [-0.2, 0) is 4.79 Å². The van der Waals surface area contributed by atoms with E-state index < -0.39 is 5.91 Å². The van der Waals surface area contributed by atoms with E-state index in [2.05, 4.69) is 0 Å². The van der Waals surface area contributed by atoms with Crippen LogP contribution in [0.1, 0.15) is 17.3 Å². The first-order valence-corrected chi connectivity index (χ1v) is 4.22. The summed E-state index contributed by atoms with van der Waals surface area (Å²) in [7, 11) is 0. The molecule has 1 aromatic rings. The van der Waals surface area contributed by atoms with Crippen LogP contribution in [0, 0.1) is 0 Å². The molecule has 0 bridgehead atoms. The Balaban J connectivity index is 3.05. The fraction of sp³-hybridized carbons (Fsp3) is 0.111. The second kappa shape index (κ2) is 4.11. The van der Waals surface area contributed by atoms with Crippen LogP contribution in [0.15, 0.2) is 24.3 Å². The number of benzene rings is 1. The summed E-state index contributed by atoms with van der Waals surface area (Å²) in [5.41, 5.74) is 5.81. The highest BCUT2D eigenvalue weighted by Crippen LogP contribution is 2.17. The number of hydrogen-bond acceptors (Lipinski definition) is 2. The Morgan fingerprint density at radius 3 is 2.57 bits per heavy atom.